The van der Waals surface area contributed by atoms with Crippen molar-refractivity contribution in [1.29, 1.82) is 0 Å². The van der Waals surface area contributed by atoms with Crippen LogP contribution in [0.1, 0.15) is 60.5 Å². The van der Waals surface area contributed by atoms with E-state index in [4.69, 9.17) is 23.2 Å². The van der Waals surface area contributed by atoms with E-state index in [0.29, 0.717) is 48.5 Å². The molecule has 2 aromatic carbocycles. The molecule has 0 radical (unpaired) electrons. The van der Waals surface area contributed by atoms with Crippen molar-refractivity contribution in [2.24, 2.45) is 0 Å². The highest BCUT2D eigenvalue weighted by molar-refractivity contribution is 6.33. The summed E-state index contributed by atoms with van der Waals surface area (Å²) >= 11 is 12.4. The van der Waals surface area contributed by atoms with Crippen LogP contribution in [-0.4, -0.2) is 71.1 Å². The average Bonchev–Trinajstić information content (AvgIpc) is 3.43. The molecular formula is C31H32Cl2F4N6O6. The highest BCUT2D eigenvalue weighted by Crippen LogP contribution is 2.28. The lowest BCUT2D eigenvalue weighted by Crippen LogP contribution is -2.43. The zero-order valence-electron chi connectivity index (χ0n) is 26.0. The van der Waals surface area contributed by atoms with Gasteiger partial charge < -0.3 is 25.5 Å². The molecule has 12 nitrogen and oxygen atoms in total. The molecule has 18 heteroatoms. The number of anilines is 1. The molecule has 3 aromatic rings. The van der Waals surface area contributed by atoms with Gasteiger partial charge in [0.05, 0.1) is 36.5 Å². The van der Waals surface area contributed by atoms with Gasteiger partial charge in [0.1, 0.15) is 23.3 Å². The summed E-state index contributed by atoms with van der Waals surface area (Å²) in [6, 6.07) is 9.56. The minimum absolute atomic E-state index is 0.000747. The predicted molar refractivity (Wildman–Crippen MR) is 170 cm³/mol. The van der Waals surface area contributed by atoms with Crippen molar-refractivity contribution in [3.8, 4) is 5.69 Å². The molecule has 2 heterocycles. The van der Waals surface area contributed by atoms with E-state index in [-0.39, 0.29) is 27.8 Å². The van der Waals surface area contributed by atoms with Crippen LogP contribution in [-0.2, 0) is 19.2 Å². The van der Waals surface area contributed by atoms with Crippen LogP contribution in [0.4, 0.5) is 28.0 Å². The van der Waals surface area contributed by atoms with Gasteiger partial charge >= 0.3 is 18.2 Å². The molecule has 2 bridgehead atoms. The third-order valence-electron chi connectivity index (χ3n) is 7.39. The molecule has 0 saturated carbocycles. The van der Waals surface area contributed by atoms with Gasteiger partial charge in [-0.1, -0.05) is 54.2 Å². The lowest BCUT2D eigenvalue weighted by atomic mass is 9.99. The maximum atomic E-state index is 14.6. The monoisotopic (exact) mass is 730 g/mol. The van der Waals surface area contributed by atoms with Crippen molar-refractivity contribution in [3.63, 3.8) is 0 Å². The number of hydrogen-bond donors (Lipinski definition) is 3. The van der Waals surface area contributed by atoms with E-state index in [1.54, 1.807) is 24.3 Å². The highest BCUT2D eigenvalue weighted by atomic mass is 35.5. The summed E-state index contributed by atoms with van der Waals surface area (Å²) < 4.78 is 58.2. The van der Waals surface area contributed by atoms with Crippen molar-refractivity contribution >= 4 is 52.8 Å². The smallest absolute Gasteiger partial charge is 0.443 e. The molecular weight excluding hydrogens is 699 g/mol. The Morgan fingerprint density at radius 2 is 1.88 bits per heavy atom. The second kappa shape index (κ2) is 16.7. The molecule has 4 rings (SSSR count). The fraction of sp³-hybridized carbons (Fsp3) is 0.387. The lowest BCUT2D eigenvalue weighted by molar-refractivity contribution is -0.200. The second-order valence-corrected chi connectivity index (χ2v) is 11.7. The SMILES string of the molecule is COC(=O)N(CC[C@@H]1Nc2cccc(c2)[C@@H](NC(=O)c2cnn(-c3cccc(Cl)c3F)c2Cl)CCCCCNC1=O)OC(=O)CC(F)(F)F. The van der Waals surface area contributed by atoms with Gasteiger partial charge in [0.25, 0.3) is 5.91 Å². The third-order valence-corrected chi connectivity index (χ3v) is 8.05. The van der Waals surface area contributed by atoms with Crippen LogP contribution >= 0.6 is 23.2 Å². The van der Waals surface area contributed by atoms with Crippen LogP contribution in [0.15, 0.2) is 48.7 Å². The van der Waals surface area contributed by atoms with E-state index < -0.39 is 60.9 Å². The van der Waals surface area contributed by atoms with E-state index in [1.165, 1.54) is 24.4 Å². The van der Waals surface area contributed by atoms with Crippen molar-refractivity contribution in [3.05, 3.63) is 75.8 Å². The fourth-order valence-electron chi connectivity index (χ4n) is 5.01. The number of amides is 3. The van der Waals surface area contributed by atoms with Crippen LogP contribution in [0, 0.1) is 5.82 Å². The Balaban J connectivity index is 1.53. The number of halogens is 6. The molecule has 2 atom stereocenters. The molecule has 264 valence electrons. The number of alkyl halides is 3. The number of methoxy groups -OCH3 is 1. The number of carbonyl (C=O) groups excluding carboxylic acids is 4. The number of hydroxylamine groups is 2. The van der Waals surface area contributed by atoms with Crippen molar-refractivity contribution in [1.82, 2.24) is 25.5 Å². The van der Waals surface area contributed by atoms with Crippen LogP contribution < -0.4 is 16.0 Å². The number of ether oxygens (including phenoxy) is 1. The summed E-state index contributed by atoms with van der Waals surface area (Å²) in [5.41, 5.74) is 1.07. The van der Waals surface area contributed by atoms with Gasteiger partial charge in [0.15, 0.2) is 5.82 Å². The normalized spacial score (nSPS) is 16.9. The molecule has 49 heavy (non-hydrogen) atoms. The average molecular weight is 732 g/mol. The Kier molecular flexibility index (Phi) is 12.7. The first-order chi connectivity index (χ1) is 23.3. The Morgan fingerprint density at radius 3 is 2.61 bits per heavy atom. The molecule has 0 saturated heterocycles. The van der Waals surface area contributed by atoms with Crippen molar-refractivity contribution in [2.45, 2.75) is 56.8 Å². The predicted octanol–water partition coefficient (Wildman–Crippen LogP) is 6.13. The Bertz CT molecular complexity index is 1670. The van der Waals surface area contributed by atoms with Crippen LogP contribution in [0.5, 0.6) is 0 Å². The summed E-state index contributed by atoms with van der Waals surface area (Å²) in [5.74, 6) is -3.52. The van der Waals surface area contributed by atoms with Crippen molar-refractivity contribution < 1.29 is 46.3 Å². The molecule has 0 fully saturated rings. The van der Waals surface area contributed by atoms with E-state index in [2.05, 4.69) is 30.6 Å². The van der Waals surface area contributed by atoms with Crippen LogP contribution in [0.2, 0.25) is 10.2 Å². The van der Waals surface area contributed by atoms with Gasteiger partial charge in [-0.25, -0.2) is 18.7 Å². The molecule has 1 aliphatic heterocycles. The second-order valence-electron chi connectivity index (χ2n) is 10.9. The Labute approximate surface area is 287 Å². The zero-order valence-corrected chi connectivity index (χ0v) is 27.5. The van der Waals surface area contributed by atoms with Crippen LogP contribution in [0.25, 0.3) is 5.69 Å². The van der Waals surface area contributed by atoms with Gasteiger partial charge in [-0.2, -0.15) is 18.3 Å². The number of nitrogens with zero attached hydrogens (tertiary/aromatic N) is 3. The number of aromatic nitrogens is 2. The van der Waals surface area contributed by atoms with Gasteiger partial charge in [0, 0.05) is 12.2 Å². The van der Waals surface area contributed by atoms with Crippen molar-refractivity contribution in [2.75, 3.05) is 25.5 Å². The van der Waals surface area contributed by atoms with Gasteiger partial charge in [-0.15, -0.1) is 5.06 Å². The highest BCUT2D eigenvalue weighted by Gasteiger charge is 2.35. The minimum atomic E-state index is -4.86. The molecule has 3 amide bonds. The lowest BCUT2D eigenvalue weighted by Gasteiger charge is -2.24. The van der Waals surface area contributed by atoms with E-state index in [0.717, 1.165) is 11.8 Å². The number of fused-ring (bicyclic) bond motifs is 2. The topological polar surface area (TPSA) is 144 Å². The largest absolute Gasteiger partial charge is 0.451 e. The summed E-state index contributed by atoms with van der Waals surface area (Å²) in [5, 5.41) is 12.9. The zero-order chi connectivity index (χ0) is 35.7. The quantitative estimate of drug-likeness (QED) is 0.195. The van der Waals surface area contributed by atoms with Gasteiger partial charge in [-0.05, 0) is 49.1 Å². The number of carbonyl (C=O) groups is 4. The third kappa shape index (κ3) is 10.2. The summed E-state index contributed by atoms with van der Waals surface area (Å²) in [4.78, 5) is 55.1. The molecule has 0 spiro atoms. The molecule has 0 aliphatic carbocycles. The van der Waals surface area contributed by atoms with Gasteiger partial charge in [0.2, 0.25) is 5.91 Å². The Morgan fingerprint density at radius 1 is 1.12 bits per heavy atom. The standard InChI is InChI=1S/C31H32Cl2F4N6O6/c1-48-30(47)42(49-25(44)16-31(35,36)37)14-12-23-29(46)38-13-4-2-3-10-22(18-7-5-8-19(15-18)40-23)41-28(45)20-17-39-43(27(20)33)24-11-6-9-21(32)26(24)34/h5-9,11,15,17,22-23,40H,2-4,10,12-14,16H2,1H3,(H,38,46)(H,41,45)/t22-,23-/m0/s1. The summed E-state index contributed by atoms with van der Waals surface area (Å²) in [6.45, 7) is -0.185. The first kappa shape index (κ1) is 37.3. The molecule has 3 N–H and O–H groups in total. The maximum absolute atomic E-state index is 14.6. The van der Waals surface area contributed by atoms with Crippen LogP contribution in [0.3, 0.4) is 0 Å². The summed E-state index contributed by atoms with van der Waals surface area (Å²) in [6.07, 6.45) is -4.55. The fourth-order valence-corrected chi connectivity index (χ4v) is 5.45. The number of nitrogens with one attached hydrogen (secondary N) is 3. The molecule has 0 unspecified atom stereocenters. The van der Waals surface area contributed by atoms with E-state index >= 15 is 0 Å². The first-order valence-electron chi connectivity index (χ1n) is 15.0. The summed E-state index contributed by atoms with van der Waals surface area (Å²) in [7, 11) is 0.955. The maximum Gasteiger partial charge on any atom is 0.443 e. The number of benzene rings is 2. The Hall–Kier alpha value is -4.57. The first-order valence-corrected chi connectivity index (χ1v) is 15.8. The molecule has 1 aromatic heterocycles. The number of rotatable bonds is 7. The minimum Gasteiger partial charge on any atom is -0.451 e. The number of hydrogen-bond acceptors (Lipinski definition) is 8. The van der Waals surface area contributed by atoms with Gasteiger partial charge in [-0.3, -0.25) is 9.59 Å². The van der Waals surface area contributed by atoms with E-state index in [1.807, 2.05) is 0 Å². The molecule has 1 aliphatic rings. The van der Waals surface area contributed by atoms with E-state index in [9.17, 15) is 36.7 Å².